The molecule has 0 aromatic heterocycles. The minimum atomic E-state index is -4.96. The summed E-state index contributed by atoms with van der Waals surface area (Å²) in [6.07, 6.45) is -9.92. The monoisotopic (exact) mass is 341 g/mol. The van der Waals surface area contributed by atoms with Crippen LogP contribution in [0.5, 0.6) is 0 Å². The molecule has 0 radical (unpaired) electrons. The van der Waals surface area contributed by atoms with Crippen molar-refractivity contribution in [3.8, 4) is 0 Å². The number of alkyl halides is 6. The summed E-state index contributed by atoms with van der Waals surface area (Å²) in [5.74, 6) is 0. The molecule has 0 saturated heterocycles. The fraction of sp³-hybridized carbons (Fsp3) is 0.571. The molecule has 1 aromatic carbocycles. The second kappa shape index (κ2) is 6.76. The third-order valence-electron chi connectivity index (χ3n) is 2.95. The Morgan fingerprint density at radius 1 is 0.826 bits per heavy atom. The van der Waals surface area contributed by atoms with Gasteiger partial charge in [0.1, 0.15) is 5.69 Å². The summed E-state index contributed by atoms with van der Waals surface area (Å²) in [6, 6.07) is 1.35. The van der Waals surface area contributed by atoms with E-state index in [4.69, 9.17) is 0 Å². The predicted octanol–water partition coefficient (Wildman–Crippen LogP) is 5.84. The fourth-order valence-corrected chi connectivity index (χ4v) is 2.01. The topological polar surface area (TPSA) is 28.0 Å². The first-order valence-electron chi connectivity index (χ1n) is 6.83. The van der Waals surface area contributed by atoms with Crippen LogP contribution in [-0.4, -0.2) is 17.1 Å². The Hall–Kier alpha value is -1.80. The largest absolute Gasteiger partial charge is 0.418 e. The molecule has 0 aliphatic rings. The zero-order chi connectivity index (χ0) is 18.0. The highest BCUT2D eigenvalue weighted by Crippen LogP contribution is 2.44. The van der Waals surface area contributed by atoms with E-state index in [0.717, 1.165) is 0 Å². The average molecular weight is 341 g/mol. The number of nitrogens with zero attached hydrogens (tertiary/aromatic N) is 3. The Balaban J connectivity index is 3.48. The van der Waals surface area contributed by atoms with Crippen molar-refractivity contribution in [2.45, 2.75) is 52.1 Å². The lowest BCUT2D eigenvalue weighted by atomic mass is 10.1. The Morgan fingerprint density at radius 3 is 1.52 bits per heavy atom. The van der Waals surface area contributed by atoms with Crippen LogP contribution >= 0.6 is 0 Å². The van der Waals surface area contributed by atoms with E-state index in [1.54, 1.807) is 27.7 Å². The van der Waals surface area contributed by atoms with E-state index < -0.39 is 29.2 Å². The molecule has 0 unspecified atom stereocenters. The zero-order valence-corrected chi connectivity index (χ0v) is 13.0. The molecule has 1 aromatic rings. The molecule has 1 rings (SSSR count). The summed E-state index contributed by atoms with van der Waals surface area (Å²) in [5.41, 5.74) is -4.16. The van der Waals surface area contributed by atoms with Gasteiger partial charge in [-0.05, 0) is 39.8 Å². The second-order valence-electron chi connectivity index (χ2n) is 5.45. The molecule has 23 heavy (non-hydrogen) atoms. The van der Waals surface area contributed by atoms with Crippen LogP contribution in [-0.2, 0) is 12.4 Å². The molecule has 0 saturated carbocycles. The molecule has 3 nitrogen and oxygen atoms in total. The van der Waals surface area contributed by atoms with Gasteiger partial charge in [-0.1, -0.05) is 11.3 Å². The SMILES string of the molecule is CC(C)N(N=Nc1c(C(F)(F)F)cccc1C(F)(F)F)C(C)C. The summed E-state index contributed by atoms with van der Waals surface area (Å²) >= 11 is 0. The highest BCUT2D eigenvalue weighted by molar-refractivity contribution is 5.55. The normalized spacial score (nSPS) is 13.4. The molecule has 0 heterocycles. The smallest absolute Gasteiger partial charge is 0.273 e. The van der Waals surface area contributed by atoms with Gasteiger partial charge in [0.05, 0.1) is 11.1 Å². The third-order valence-corrected chi connectivity index (χ3v) is 2.95. The van der Waals surface area contributed by atoms with Crippen molar-refractivity contribution >= 4 is 5.69 Å². The van der Waals surface area contributed by atoms with Crippen LogP contribution in [0.2, 0.25) is 0 Å². The van der Waals surface area contributed by atoms with Crippen LogP contribution in [0.4, 0.5) is 32.0 Å². The Kier molecular flexibility index (Phi) is 5.65. The summed E-state index contributed by atoms with van der Waals surface area (Å²) in [6.45, 7) is 6.83. The molecule has 0 atom stereocenters. The molecule has 0 spiro atoms. The van der Waals surface area contributed by atoms with Gasteiger partial charge in [-0.3, -0.25) is 5.01 Å². The number of benzene rings is 1. The molecule has 0 bridgehead atoms. The first-order valence-corrected chi connectivity index (χ1v) is 6.83. The molecule has 0 aliphatic heterocycles. The van der Waals surface area contributed by atoms with Crippen LogP contribution < -0.4 is 0 Å². The van der Waals surface area contributed by atoms with Crippen LogP contribution in [0.25, 0.3) is 0 Å². The third kappa shape index (κ3) is 4.84. The maximum atomic E-state index is 13.0. The second-order valence-corrected chi connectivity index (χ2v) is 5.45. The van der Waals surface area contributed by atoms with Crippen molar-refractivity contribution in [2.24, 2.45) is 10.3 Å². The van der Waals surface area contributed by atoms with Crippen molar-refractivity contribution in [3.05, 3.63) is 29.3 Å². The van der Waals surface area contributed by atoms with E-state index in [1.807, 2.05) is 0 Å². The number of hydrogen-bond acceptors (Lipinski definition) is 2. The summed E-state index contributed by atoms with van der Waals surface area (Å²) in [5, 5.41) is 8.22. The quantitative estimate of drug-likeness (QED) is 0.384. The van der Waals surface area contributed by atoms with Crippen molar-refractivity contribution in [1.29, 1.82) is 0 Å². The molecule has 0 fully saturated rings. The minimum absolute atomic E-state index is 0.230. The summed E-state index contributed by atoms with van der Waals surface area (Å²) in [4.78, 5) is 0. The van der Waals surface area contributed by atoms with Crippen molar-refractivity contribution < 1.29 is 26.3 Å². The maximum Gasteiger partial charge on any atom is 0.418 e. The predicted molar refractivity (Wildman–Crippen MR) is 73.1 cm³/mol. The first kappa shape index (κ1) is 19.2. The lowest BCUT2D eigenvalue weighted by Crippen LogP contribution is -2.31. The lowest BCUT2D eigenvalue weighted by Gasteiger charge is -2.26. The fourth-order valence-electron chi connectivity index (χ4n) is 2.01. The van der Waals surface area contributed by atoms with Crippen LogP contribution in [0.3, 0.4) is 0 Å². The molecule has 0 amide bonds. The van der Waals surface area contributed by atoms with Gasteiger partial charge in [0.2, 0.25) is 0 Å². The molecular formula is C14H17F6N3. The molecule has 130 valence electrons. The van der Waals surface area contributed by atoms with Crippen LogP contribution in [0.1, 0.15) is 38.8 Å². The van der Waals surface area contributed by atoms with E-state index in [2.05, 4.69) is 10.3 Å². The number of halogens is 6. The van der Waals surface area contributed by atoms with Crippen molar-refractivity contribution in [2.75, 3.05) is 0 Å². The van der Waals surface area contributed by atoms with Gasteiger partial charge >= 0.3 is 12.4 Å². The van der Waals surface area contributed by atoms with Gasteiger partial charge in [-0.15, -0.1) is 5.11 Å². The first-order chi connectivity index (χ1) is 10.4. The maximum absolute atomic E-state index is 13.0. The standard InChI is InChI=1S/C14H17F6N3/c1-8(2)23(9(3)4)22-21-12-10(13(15,16)17)6-5-7-11(12)14(18,19)20/h5-9H,1-4H3. The summed E-state index contributed by atoms with van der Waals surface area (Å²) < 4.78 is 77.9. The van der Waals surface area contributed by atoms with Gasteiger partial charge in [-0.25, -0.2) is 0 Å². The summed E-state index contributed by atoms with van der Waals surface area (Å²) in [7, 11) is 0. The lowest BCUT2D eigenvalue weighted by molar-refractivity contribution is -0.142. The van der Waals surface area contributed by atoms with Gasteiger partial charge in [-0.2, -0.15) is 26.3 Å². The van der Waals surface area contributed by atoms with E-state index in [0.29, 0.717) is 18.2 Å². The number of rotatable bonds is 4. The van der Waals surface area contributed by atoms with Gasteiger partial charge < -0.3 is 0 Å². The van der Waals surface area contributed by atoms with Gasteiger partial charge in [0.25, 0.3) is 0 Å². The van der Waals surface area contributed by atoms with Gasteiger partial charge in [0, 0.05) is 12.1 Å². The van der Waals surface area contributed by atoms with E-state index in [9.17, 15) is 26.3 Å². The highest BCUT2D eigenvalue weighted by Gasteiger charge is 2.41. The number of hydrogen-bond donors (Lipinski definition) is 0. The molecule has 0 aliphatic carbocycles. The highest BCUT2D eigenvalue weighted by atomic mass is 19.4. The Labute approximate surface area is 130 Å². The molecule has 0 N–H and O–H groups in total. The van der Waals surface area contributed by atoms with E-state index in [-0.39, 0.29) is 12.1 Å². The van der Waals surface area contributed by atoms with E-state index in [1.165, 1.54) is 5.01 Å². The van der Waals surface area contributed by atoms with Crippen LogP contribution in [0.15, 0.2) is 28.5 Å². The average Bonchev–Trinajstić information content (AvgIpc) is 2.35. The Bertz CT molecular complexity index is 520. The van der Waals surface area contributed by atoms with Crippen molar-refractivity contribution in [3.63, 3.8) is 0 Å². The van der Waals surface area contributed by atoms with Crippen molar-refractivity contribution in [1.82, 2.24) is 5.01 Å². The zero-order valence-electron chi connectivity index (χ0n) is 13.0. The minimum Gasteiger partial charge on any atom is -0.273 e. The van der Waals surface area contributed by atoms with Gasteiger partial charge in [0.15, 0.2) is 0 Å². The van der Waals surface area contributed by atoms with E-state index >= 15 is 0 Å². The Morgan fingerprint density at radius 2 is 1.22 bits per heavy atom. The molecular weight excluding hydrogens is 324 g/mol. The van der Waals surface area contributed by atoms with Crippen LogP contribution in [0, 0.1) is 0 Å². The molecule has 9 heteroatoms.